The van der Waals surface area contributed by atoms with Crippen LogP contribution in [0.3, 0.4) is 0 Å². The van der Waals surface area contributed by atoms with Crippen LogP contribution in [-0.4, -0.2) is 11.5 Å². The maximum atomic E-state index is 11.5. The van der Waals surface area contributed by atoms with Crippen LogP contribution in [-0.2, 0) is 4.79 Å². The first-order chi connectivity index (χ1) is 6.49. The smallest absolute Gasteiger partial charge is 0.336 e. The fourth-order valence-electron chi connectivity index (χ4n) is 1.45. The highest BCUT2D eigenvalue weighted by Gasteiger charge is 2.34. The summed E-state index contributed by atoms with van der Waals surface area (Å²) in [6.07, 6.45) is 0. The summed E-state index contributed by atoms with van der Waals surface area (Å²) in [4.78, 5) is 11.5. The van der Waals surface area contributed by atoms with E-state index in [1.165, 1.54) is 0 Å². The van der Waals surface area contributed by atoms with E-state index >= 15 is 0 Å². The molecule has 3 nitrogen and oxygen atoms in total. The lowest BCUT2D eigenvalue weighted by molar-refractivity contribution is -0.139. The number of carbonyl (C=O) groups excluding carboxylic acids is 1. The van der Waals surface area contributed by atoms with Crippen LogP contribution in [0.4, 0.5) is 5.69 Å². The van der Waals surface area contributed by atoms with Crippen LogP contribution in [0.15, 0.2) is 18.2 Å². The molecule has 0 fully saturated rings. The number of hydrogen-bond donors (Lipinski definition) is 1. The van der Waals surface area contributed by atoms with Crippen molar-refractivity contribution in [3.63, 3.8) is 0 Å². The molecule has 1 heterocycles. The molecular weight excluding hydrogens is 178 g/mol. The van der Waals surface area contributed by atoms with Crippen LogP contribution < -0.4 is 10.1 Å². The molecule has 0 radical (unpaired) electrons. The second-order valence-corrected chi connectivity index (χ2v) is 4.14. The average molecular weight is 191 g/mol. The normalized spacial score (nSPS) is 18.1. The third kappa shape index (κ3) is 1.35. The van der Waals surface area contributed by atoms with Gasteiger partial charge in [-0.15, -0.1) is 0 Å². The van der Waals surface area contributed by atoms with Gasteiger partial charge in [0.25, 0.3) is 0 Å². The zero-order valence-corrected chi connectivity index (χ0v) is 8.55. The number of hydrogen-bond acceptors (Lipinski definition) is 3. The minimum atomic E-state index is -0.638. The maximum absolute atomic E-state index is 11.5. The summed E-state index contributed by atoms with van der Waals surface area (Å²) in [5.41, 5.74) is 1.39. The highest BCUT2D eigenvalue weighted by atomic mass is 16.5. The molecule has 0 spiro atoms. The number of rotatable bonds is 0. The predicted molar refractivity (Wildman–Crippen MR) is 54.5 cm³/mol. The van der Waals surface area contributed by atoms with Crippen molar-refractivity contribution < 1.29 is 9.53 Å². The Hall–Kier alpha value is -1.51. The van der Waals surface area contributed by atoms with Crippen LogP contribution in [0.2, 0.25) is 0 Å². The number of anilines is 1. The van der Waals surface area contributed by atoms with Gasteiger partial charge in [-0.1, -0.05) is 6.07 Å². The predicted octanol–water partition coefficient (Wildman–Crippen LogP) is 2.10. The number of fused-ring (bicyclic) bond motifs is 1. The Bertz CT molecular complexity index is 396. The Balaban J connectivity index is 2.46. The summed E-state index contributed by atoms with van der Waals surface area (Å²) < 4.78 is 5.20. The molecule has 1 N–H and O–H groups in total. The van der Waals surface area contributed by atoms with Crippen molar-refractivity contribution in [3.8, 4) is 5.75 Å². The summed E-state index contributed by atoms with van der Waals surface area (Å²) in [6.45, 7) is 5.62. The van der Waals surface area contributed by atoms with Gasteiger partial charge in [-0.2, -0.15) is 0 Å². The third-order valence-electron chi connectivity index (χ3n) is 2.30. The number of aryl methyl sites for hydroxylation is 1. The zero-order valence-electron chi connectivity index (χ0n) is 8.55. The molecule has 0 atom stereocenters. The lowest BCUT2D eigenvalue weighted by Crippen LogP contribution is -2.46. The Labute approximate surface area is 83.1 Å². The van der Waals surface area contributed by atoms with Crippen molar-refractivity contribution in [3.05, 3.63) is 23.8 Å². The summed E-state index contributed by atoms with van der Waals surface area (Å²) in [7, 11) is 0. The Morgan fingerprint density at radius 2 is 2.07 bits per heavy atom. The Morgan fingerprint density at radius 3 is 2.79 bits per heavy atom. The minimum Gasteiger partial charge on any atom is -0.423 e. The molecule has 0 saturated carbocycles. The molecule has 1 aromatic carbocycles. The topological polar surface area (TPSA) is 38.3 Å². The third-order valence-corrected chi connectivity index (χ3v) is 2.30. The van der Waals surface area contributed by atoms with Crippen molar-refractivity contribution in [2.45, 2.75) is 26.3 Å². The zero-order chi connectivity index (χ0) is 10.3. The SMILES string of the molecule is Cc1ccc2c(c1)NC(C)(C)C(=O)O2. The van der Waals surface area contributed by atoms with Gasteiger partial charge in [-0.3, -0.25) is 0 Å². The van der Waals surface area contributed by atoms with E-state index in [-0.39, 0.29) is 5.97 Å². The van der Waals surface area contributed by atoms with E-state index in [0.717, 1.165) is 11.3 Å². The summed E-state index contributed by atoms with van der Waals surface area (Å²) >= 11 is 0. The molecule has 1 aliphatic heterocycles. The van der Waals surface area contributed by atoms with E-state index in [1.807, 2.05) is 25.1 Å². The Morgan fingerprint density at radius 1 is 1.36 bits per heavy atom. The molecule has 0 amide bonds. The van der Waals surface area contributed by atoms with Crippen molar-refractivity contribution >= 4 is 11.7 Å². The average Bonchev–Trinajstić information content (AvgIpc) is 2.07. The van der Waals surface area contributed by atoms with Gasteiger partial charge in [0.2, 0.25) is 0 Å². The van der Waals surface area contributed by atoms with Crippen LogP contribution in [0.5, 0.6) is 5.75 Å². The molecule has 0 aromatic heterocycles. The van der Waals surface area contributed by atoms with Gasteiger partial charge >= 0.3 is 5.97 Å². The highest BCUT2D eigenvalue weighted by molar-refractivity contribution is 5.90. The Kier molecular flexibility index (Phi) is 1.77. The number of carbonyl (C=O) groups is 1. The molecule has 0 bridgehead atoms. The van der Waals surface area contributed by atoms with Gasteiger partial charge in [0.15, 0.2) is 5.75 Å². The summed E-state index contributed by atoms with van der Waals surface area (Å²) in [5.74, 6) is 0.369. The van der Waals surface area contributed by atoms with Crippen LogP contribution in [0, 0.1) is 6.92 Å². The van der Waals surface area contributed by atoms with Gasteiger partial charge in [0.1, 0.15) is 5.54 Å². The lowest BCUT2D eigenvalue weighted by atomic mass is 10.0. The van der Waals surface area contributed by atoms with Crippen LogP contribution in [0.25, 0.3) is 0 Å². The molecule has 14 heavy (non-hydrogen) atoms. The van der Waals surface area contributed by atoms with Gasteiger partial charge in [0, 0.05) is 0 Å². The van der Waals surface area contributed by atoms with E-state index in [4.69, 9.17) is 4.74 Å². The van der Waals surface area contributed by atoms with Crippen molar-refractivity contribution in [1.82, 2.24) is 0 Å². The van der Waals surface area contributed by atoms with Crippen molar-refractivity contribution in [1.29, 1.82) is 0 Å². The number of benzene rings is 1. The molecule has 1 aliphatic rings. The second kappa shape index (κ2) is 2.74. The van der Waals surface area contributed by atoms with E-state index < -0.39 is 5.54 Å². The van der Waals surface area contributed by atoms with Crippen molar-refractivity contribution in [2.75, 3.05) is 5.32 Å². The van der Waals surface area contributed by atoms with Gasteiger partial charge in [0.05, 0.1) is 5.69 Å². The number of esters is 1. The molecule has 1 aromatic rings. The molecule has 0 unspecified atom stereocenters. The molecule has 74 valence electrons. The largest absolute Gasteiger partial charge is 0.423 e. The number of nitrogens with one attached hydrogen (secondary N) is 1. The first-order valence-corrected chi connectivity index (χ1v) is 4.60. The first kappa shape index (κ1) is 9.06. The fourth-order valence-corrected chi connectivity index (χ4v) is 1.45. The summed E-state index contributed by atoms with van der Waals surface area (Å²) in [6, 6.07) is 5.71. The van der Waals surface area contributed by atoms with Gasteiger partial charge in [-0.25, -0.2) is 4.79 Å². The van der Waals surface area contributed by atoms with E-state index in [0.29, 0.717) is 5.75 Å². The van der Waals surface area contributed by atoms with E-state index in [2.05, 4.69) is 5.32 Å². The van der Waals surface area contributed by atoms with Crippen LogP contribution in [0.1, 0.15) is 19.4 Å². The van der Waals surface area contributed by atoms with Crippen molar-refractivity contribution in [2.24, 2.45) is 0 Å². The maximum Gasteiger partial charge on any atom is 0.336 e. The monoisotopic (exact) mass is 191 g/mol. The second-order valence-electron chi connectivity index (χ2n) is 4.14. The quantitative estimate of drug-likeness (QED) is 0.504. The molecule has 0 saturated heterocycles. The molecular formula is C11H13NO2. The highest BCUT2D eigenvalue weighted by Crippen LogP contribution is 2.33. The van der Waals surface area contributed by atoms with E-state index in [1.54, 1.807) is 13.8 Å². The van der Waals surface area contributed by atoms with E-state index in [9.17, 15) is 4.79 Å². The molecule has 2 rings (SSSR count). The van der Waals surface area contributed by atoms with Gasteiger partial charge < -0.3 is 10.1 Å². The number of ether oxygens (including phenoxy) is 1. The van der Waals surface area contributed by atoms with Gasteiger partial charge in [-0.05, 0) is 38.5 Å². The minimum absolute atomic E-state index is 0.242. The van der Waals surface area contributed by atoms with Crippen LogP contribution >= 0.6 is 0 Å². The summed E-state index contributed by atoms with van der Waals surface area (Å²) in [5, 5.41) is 3.15. The molecule has 3 heteroatoms. The first-order valence-electron chi connectivity index (χ1n) is 4.60. The lowest BCUT2D eigenvalue weighted by Gasteiger charge is -2.31. The standard InChI is InChI=1S/C11H13NO2/c1-7-4-5-9-8(6-7)12-11(2,3)10(13)14-9/h4-6,12H,1-3H3. The molecule has 0 aliphatic carbocycles. The fraction of sp³-hybridized carbons (Fsp3) is 0.364.